The van der Waals surface area contributed by atoms with E-state index in [-0.39, 0.29) is 18.1 Å². The van der Waals surface area contributed by atoms with Crippen LogP contribution in [0.25, 0.3) is 0 Å². The van der Waals surface area contributed by atoms with Crippen LogP contribution in [0.15, 0.2) is 60.7 Å². The van der Waals surface area contributed by atoms with E-state index in [0.717, 1.165) is 17.3 Å². The largest absolute Gasteiger partial charge is 0.456 e. The zero-order valence-corrected chi connectivity index (χ0v) is 20.1. The average Bonchev–Trinajstić information content (AvgIpc) is 2.75. The zero-order valence-electron chi connectivity index (χ0n) is 19.1. The number of aliphatic hydroxyl groups is 1. The van der Waals surface area contributed by atoms with Crippen molar-refractivity contribution in [2.75, 3.05) is 6.61 Å². The van der Waals surface area contributed by atoms with Crippen LogP contribution < -0.4 is 10.4 Å². The first-order valence-corrected chi connectivity index (χ1v) is 12.5. The normalized spacial score (nSPS) is 14.8. The third-order valence-electron chi connectivity index (χ3n) is 5.52. The Bertz CT molecular complexity index is 904. The van der Waals surface area contributed by atoms with Gasteiger partial charge in [-0.25, -0.2) is 0 Å². The molecular weight excluding hydrogens is 455 g/mol. The molecule has 0 fully saturated rings. The van der Waals surface area contributed by atoms with Gasteiger partial charge in [0.2, 0.25) is 0 Å². The van der Waals surface area contributed by atoms with Crippen molar-refractivity contribution in [2.24, 2.45) is 5.92 Å². The molecule has 8 heteroatoms. The van der Waals surface area contributed by atoms with Crippen molar-refractivity contribution in [3.05, 3.63) is 60.7 Å². The van der Waals surface area contributed by atoms with Gasteiger partial charge in [0.25, 0.3) is 8.32 Å². The quantitative estimate of drug-likeness (QED) is 0.255. The number of aliphatic hydroxyl groups excluding tert-OH is 1. The van der Waals surface area contributed by atoms with Crippen molar-refractivity contribution in [3.63, 3.8) is 0 Å². The van der Waals surface area contributed by atoms with E-state index in [1.165, 1.54) is 0 Å². The smallest absolute Gasteiger partial charge is 0.406 e. The molecule has 2 unspecified atom stereocenters. The summed E-state index contributed by atoms with van der Waals surface area (Å²) in [6, 6.07) is 19.7. The molecular formula is C25H29F5O2Si. The fourth-order valence-corrected chi connectivity index (χ4v) is 8.37. The lowest BCUT2D eigenvalue weighted by Crippen LogP contribution is -2.66. The minimum atomic E-state index is -5.84. The van der Waals surface area contributed by atoms with E-state index in [0.29, 0.717) is 0 Å². The second kappa shape index (κ2) is 10.4. The highest BCUT2D eigenvalue weighted by molar-refractivity contribution is 6.99. The predicted octanol–water partition coefficient (Wildman–Crippen LogP) is 5.15. The molecule has 0 radical (unpaired) electrons. The molecule has 0 saturated heterocycles. The van der Waals surface area contributed by atoms with Crippen LogP contribution in [0.2, 0.25) is 5.04 Å². The van der Waals surface area contributed by atoms with Crippen LogP contribution in [0.3, 0.4) is 0 Å². The van der Waals surface area contributed by atoms with Crippen LogP contribution in [0.1, 0.15) is 34.1 Å². The molecule has 33 heavy (non-hydrogen) atoms. The van der Waals surface area contributed by atoms with Crippen molar-refractivity contribution < 1.29 is 31.5 Å². The predicted molar refractivity (Wildman–Crippen MR) is 122 cm³/mol. The van der Waals surface area contributed by atoms with Gasteiger partial charge in [0, 0.05) is 18.9 Å². The average molecular weight is 485 g/mol. The summed E-state index contributed by atoms with van der Waals surface area (Å²) in [4.78, 5) is 0. The van der Waals surface area contributed by atoms with Crippen molar-refractivity contribution in [1.29, 1.82) is 0 Å². The molecule has 0 bridgehead atoms. The first kappa shape index (κ1) is 27.0. The van der Waals surface area contributed by atoms with Gasteiger partial charge < -0.3 is 9.53 Å². The molecule has 0 aliphatic rings. The highest BCUT2D eigenvalue weighted by Gasteiger charge is 2.63. The fourth-order valence-electron chi connectivity index (χ4n) is 3.81. The van der Waals surface area contributed by atoms with Crippen LogP contribution in [0.5, 0.6) is 0 Å². The Morgan fingerprint density at radius 1 is 0.879 bits per heavy atom. The Hall–Kier alpha value is -2.21. The van der Waals surface area contributed by atoms with Crippen LogP contribution in [-0.4, -0.2) is 38.2 Å². The molecule has 2 atom stereocenters. The lowest BCUT2D eigenvalue weighted by atomic mass is 9.99. The SMILES string of the molecule is CC(C#CCCO[Si](c1ccccc1)(c1ccccc1)C(C)(C)C)C(O)C(F)(F)C(F)(F)F. The maximum Gasteiger partial charge on any atom is 0.456 e. The Labute approximate surface area is 192 Å². The van der Waals surface area contributed by atoms with Crippen molar-refractivity contribution in [1.82, 2.24) is 0 Å². The van der Waals surface area contributed by atoms with E-state index in [1.54, 1.807) is 0 Å². The standard InChI is InChI=1S/C25H29F5O2Si/c1-19(22(31)24(26,27)25(28,29)30)13-11-12-18-32-33(23(2,3)4,20-14-7-5-8-15-20)21-16-9-6-10-17-21/h5-10,14-17,19,22,31H,12,18H2,1-4H3. The van der Waals surface area contributed by atoms with Gasteiger partial charge in [-0.3, -0.25) is 0 Å². The van der Waals surface area contributed by atoms with E-state index in [1.807, 2.05) is 60.7 Å². The molecule has 2 aromatic rings. The fraction of sp³-hybridized carbons (Fsp3) is 0.440. The molecule has 1 N–H and O–H groups in total. The van der Waals surface area contributed by atoms with Crippen LogP contribution in [0.4, 0.5) is 22.0 Å². The van der Waals surface area contributed by atoms with Gasteiger partial charge in [-0.1, -0.05) is 87.4 Å². The molecule has 0 spiro atoms. The van der Waals surface area contributed by atoms with Crippen LogP contribution in [0, 0.1) is 17.8 Å². The van der Waals surface area contributed by atoms with Gasteiger partial charge in [0.1, 0.15) is 6.10 Å². The van der Waals surface area contributed by atoms with Gasteiger partial charge in [0.15, 0.2) is 0 Å². The van der Waals surface area contributed by atoms with E-state index in [9.17, 15) is 27.1 Å². The van der Waals surface area contributed by atoms with E-state index in [2.05, 4.69) is 32.6 Å². The first-order valence-electron chi connectivity index (χ1n) is 10.6. The summed E-state index contributed by atoms with van der Waals surface area (Å²) in [6.07, 6.45) is -8.66. The Kier molecular flexibility index (Phi) is 8.50. The monoisotopic (exact) mass is 484 g/mol. The molecule has 0 aromatic heterocycles. The molecule has 0 saturated carbocycles. The van der Waals surface area contributed by atoms with Crippen molar-refractivity contribution in [3.8, 4) is 11.8 Å². The highest BCUT2D eigenvalue weighted by atomic mass is 28.4. The summed E-state index contributed by atoms with van der Waals surface area (Å²) in [6.45, 7) is 7.51. The lowest BCUT2D eigenvalue weighted by Gasteiger charge is -2.43. The highest BCUT2D eigenvalue weighted by Crippen LogP contribution is 2.40. The van der Waals surface area contributed by atoms with Gasteiger partial charge in [-0.2, -0.15) is 22.0 Å². The number of alkyl halides is 5. The van der Waals surface area contributed by atoms with Gasteiger partial charge in [-0.15, -0.1) is 5.92 Å². The molecule has 0 amide bonds. The maximum absolute atomic E-state index is 13.4. The molecule has 0 heterocycles. The summed E-state index contributed by atoms with van der Waals surface area (Å²) >= 11 is 0. The van der Waals surface area contributed by atoms with Crippen LogP contribution >= 0.6 is 0 Å². The Morgan fingerprint density at radius 3 is 1.73 bits per heavy atom. The topological polar surface area (TPSA) is 29.5 Å². The van der Waals surface area contributed by atoms with Gasteiger partial charge >= 0.3 is 12.1 Å². The number of hydrogen-bond acceptors (Lipinski definition) is 2. The summed E-state index contributed by atoms with van der Waals surface area (Å²) < 4.78 is 70.7. The molecule has 2 aromatic carbocycles. The van der Waals surface area contributed by atoms with Gasteiger partial charge in [-0.05, 0) is 22.3 Å². The minimum Gasteiger partial charge on any atom is -0.406 e. The maximum atomic E-state index is 13.4. The molecule has 0 aliphatic heterocycles. The lowest BCUT2D eigenvalue weighted by molar-refractivity contribution is -0.316. The van der Waals surface area contributed by atoms with E-state index >= 15 is 0 Å². The van der Waals surface area contributed by atoms with Crippen LogP contribution in [-0.2, 0) is 4.43 Å². The molecule has 180 valence electrons. The van der Waals surface area contributed by atoms with E-state index < -0.39 is 32.4 Å². The zero-order chi connectivity index (χ0) is 24.9. The van der Waals surface area contributed by atoms with E-state index in [4.69, 9.17) is 4.43 Å². The summed E-state index contributed by atoms with van der Waals surface area (Å²) in [5, 5.41) is 11.3. The third-order valence-corrected chi connectivity index (χ3v) is 10.6. The second-order valence-corrected chi connectivity index (χ2v) is 13.2. The third kappa shape index (κ3) is 5.83. The molecule has 0 aliphatic carbocycles. The summed E-state index contributed by atoms with van der Waals surface area (Å²) in [5.41, 5.74) is 0. The van der Waals surface area contributed by atoms with Crippen molar-refractivity contribution in [2.45, 2.75) is 57.4 Å². The first-order chi connectivity index (χ1) is 15.2. The molecule has 2 nitrogen and oxygen atoms in total. The summed E-state index contributed by atoms with van der Waals surface area (Å²) in [5.74, 6) is -1.87. The van der Waals surface area contributed by atoms with Gasteiger partial charge in [0.05, 0.1) is 0 Å². The number of benzene rings is 2. The molecule has 2 rings (SSSR count). The number of rotatable bonds is 7. The Balaban J connectivity index is 2.25. The summed E-state index contributed by atoms with van der Waals surface area (Å²) in [7, 11) is -2.79. The second-order valence-electron chi connectivity index (χ2n) is 8.94. The van der Waals surface area contributed by atoms with Crippen molar-refractivity contribution >= 4 is 18.7 Å². The Morgan fingerprint density at radius 2 is 1.33 bits per heavy atom. The number of halogens is 5. The minimum absolute atomic E-state index is 0.124. The number of hydrogen-bond donors (Lipinski definition) is 1.